The average Bonchev–Trinajstić information content (AvgIpc) is 2.93. The zero-order valence-electron chi connectivity index (χ0n) is 13.6. The van der Waals surface area contributed by atoms with E-state index in [0.717, 1.165) is 12.8 Å². The van der Waals surface area contributed by atoms with Crippen LogP contribution >= 0.6 is 0 Å². The van der Waals surface area contributed by atoms with Gasteiger partial charge in [0, 0.05) is 12.7 Å². The van der Waals surface area contributed by atoms with Crippen molar-refractivity contribution in [3.63, 3.8) is 0 Å². The van der Waals surface area contributed by atoms with Gasteiger partial charge in [0.05, 0.1) is 11.2 Å². The van der Waals surface area contributed by atoms with Gasteiger partial charge in [0.25, 0.3) is 5.91 Å². The van der Waals surface area contributed by atoms with Gasteiger partial charge in [-0.1, -0.05) is 20.8 Å². The highest BCUT2D eigenvalue weighted by Crippen LogP contribution is 2.41. The molecule has 1 amide bonds. The summed E-state index contributed by atoms with van der Waals surface area (Å²) in [4.78, 5) is 14.8. The van der Waals surface area contributed by atoms with E-state index >= 15 is 0 Å². The second kappa shape index (κ2) is 6.13. The molecule has 1 aliphatic carbocycles. The molecule has 0 radical (unpaired) electrons. The van der Waals surface area contributed by atoms with Gasteiger partial charge in [-0.15, -0.1) is 0 Å². The number of hydrogen-bond acceptors (Lipinski definition) is 3. The van der Waals surface area contributed by atoms with E-state index in [1.165, 1.54) is 12.3 Å². The van der Waals surface area contributed by atoms with E-state index in [9.17, 15) is 9.90 Å². The van der Waals surface area contributed by atoms with E-state index < -0.39 is 5.60 Å². The molecular weight excluding hydrogens is 278 g/mol. The minimum atomic E-state index is -0.817. The summed E-state index contributed by atoms with van der Waals surface area (Å²) in [6.07, 6.45) is 4.89. The molecule has 1 aromatic heterocycles. The Morgan fingerprint density at radius 2 is 2.14 bits per heavy atom. The van der Waals surface area contributed by atoms with Crippen LogP contribution in [0, 0.1) is 22.7 Å². The van der Waals surface area contributed by atoms with E-state index in [1.54, 1.807) is 0 Å². The van der Waals surface area contributed by atoms with E-state index in [2.05, 4.69) is 31.1 Å². The molecule has 0 spiro atoms. The van der Waals surface area contributed by atoms with Crippen LogP contribution in [0.25, 0.3) is 0 Å². The maximum atomic E-state index is 12.0. The molecule has 0 unspecified atom stereocenters. The van der Waals surface area contributed by atoms with Crippen molar-refractivity contribution < 1.29 is 9.90 Å². The lowest BCUT2D eigenvalue weighted by Gasteiger charge is -2.41. The van der Waals surface area contributed by atoms with Crippen molar-refractivity contribution in [1.29, 1.82) is 5.26 Å². The van der Waals surface area contributed by atoms with Crippen LogP contribution in [0.5, 0.6) is 0 Å². The van der Waals surface area contributed by atoms with Crippen molar-refractivity contribution in [3.05, 3.63) is 23.5 Å². The first-order valence-corrected chi connectivity index (χ1v) is 7.83. The Balaban J connectivity index is 1.86. The fourth-order valence-electron chi connectivity index (χ4n) is 3.13. The van der Waals surface area contributed by atoms with Crippen molar-refractivity contribution in [1.82, 2.24) is 10.3 Å². The third-order valence-corrected chi connectivity index (χ3v) is 4.78. The number of aromatic nitrogens is 1. The molecule has 1 aliphatic rings. The normalized spacial score (nSPS) is 25.5. The van der Waals surface area contributed by atoms with Crippen LogP contribution < -0.4 is 5.32 Å². The molecule has 22 heavy (non-hydrogen) atoms. The summed E-state index contributed by atoms with van der Waals surface area (Å²) in [6.45, 7) is 6.97. The number of aliphatic hydroxyl groups is 1. The SMILES string of the molecule is CC(C)(C)C1CCC(O)(CNC(=O)c2cc(C#N)c[nH]2)CC1. The number of rotatable bonds is 3. The largest absolute Gasteiger partial charge is 0.388 e. The molecule has 0 atom stereocenters. The highest BCUT2D eigenvalue weighted by atomic mass is 16.3. The van der Waals surface area contributed by atoms with Crippen LogP contribution in [0.3, 0.4) is 0 Å². The first-order chi connectivity index (χ1) is 10.2. The van der Waals surface area contributed by atoms with E-state index in [4.69, 9.17) is 5.26 Å². The molecule has 0 bridgehead atoms. The van der Waals surface area contributed by atoms with Crippen LogP contribution in [-0.2, 0) is 0 Å². The molecule has 2 rings (SSSR count). The molecule has 3 N–H and O–H groups in total. The lowest BCUT2D eigenvalue weighted by atomic mass is 9.68. The number of hydrogen-bond donors (Lipinski definition) is 3. The van der Waals surface area contributed by atoms with Crippen LogP contribution in [-0.4, -0.2) is 28.1 Å². The fraction of sp³-hybridized carbons (Fsp3) is 0.647. The van der Waals surface area contributed by atoms with Gasteiger partial charge < -0.3 is 15.4 Å². The second-order valence-corrected chi connectivity index (χ2v) is 7.46. The first-order valence-electron chi connectivity index (χ1n) is 7.83. The lowest BCUT2D eigenvalue weighted by molar-refractivity contribution is -0.0228. The van der Waals surface area contributed by atoms with E-state index in [1.807, 2.05) is 6.07 Å². The highest BCUT2D eigenvalue weighted by molar-refractivity contribution is 5.92. The van der Waals surface area contributed by atoms with Crippen LogP contribution in [0.1, 0.15) is 62.5 Å². The summed E-state index contributed by atoms with van der Waals surface area (Å²) >= 11 is 0. The van der Waals surface area contributed by atoms with Gasteiger partial charge in [0.1, 0.15) is 11.8 Å². The summed E-state index contributed by atoms with van der Waals surface area (Å²) in [5, 5.41) is 22.2. The zero-order valence-corrected chi connectivity index (χ0v) is 13.6. The molecule has 5 nitrogen and oxygen atoms in total. The Morgan fingerprint density at radius 1 is 1.50 bits per heavy atom. The number of nitrogens with one attached hydrogen (secondary N) is 2. The molecule has 1 aromatic rings. The van der Waals surface area contributed by atoms with Crippen molar-refractivity contribution >= 4 is 5.91 Å². The van der Waals surface area contributed by atoms with Gasteiger partial charge in [0.15, 0.2) is 0 Å². The minimum absolute atomic E-state index is 0.254. The average molecular weight is 303 g/mol. The Labute approximate surface area is 131 Å². The molecule has 1 fully saturated rings. The van der Waals surface area contributed by atoms with Gasteiger partial charge in [-0.3, -0.25) is 4.79 Å². The lowest BCUT2D eigenvalue weighted by Crippen LogP contribution is -2.46. The second-order valence-electron chi connectivity index (χ2n) is 7.46. The maximum absolute atomic E-state index is 12.0. The molecular formula is C17H25N3O2. The van der Waals surface area contributed by atoms with E-state index in [0.29, 0.717) is 30.0 Å². The Hall–Kier alpha value is -1.80. The summed E-state index contributed by atoms with van der Waals surface area (Å²) in [5.74, 6) is 0.331. The smallest absolute Gasteiger partial charge is 0.267 e. The quantitative estimate of drug-likeness (QED) is 0.801. The standard InChI is InChI=1S/C17H25N3O2/c1-16(2,3)13-4-6-17(22,7-5-13)11-20-15(21)14-8-12(9-18)10-19-14/h8,10,13,19,22H,4-7,11H2,1-3H3,(H,20,21). The van der Waals surface area contributed by atoms with Crippen molar-refractivity contribution in [2.75, 3.05) is 6.54 Å². The van der Waals surface area contributed by atoms with Gasteiger partial charge in [-0.05, 0) is 43.1 Å². The molecule has 1 saturated carbocycles. The molecule has 0 aliphatic heterocycles. The van der Waals surface area contributed by atoms with Gasteiger partial charge in [-0.2, -0.15) is 5.26 Å². The fourth-order valence-corrected chi connectivity index (χ4v) is 3.13. The maximum Gasteiger partial charge on any atom is 0.267 e. The monoisotopic (exact) mass is 303 g/mol. The number of nitrogens with zero attached hydrogens (tertiary/aromatic N) is 1. The molecule has 1 heterocycles. The van der Waals surface area contributed by atoms with Gasteiger partial charge >= 0.3 is 0 Å². The number of carbonyl (C=O) groups is 1. The number of amides is 1. The zero-order chi connectivity index (χ0) is 16.4. The third-order valence-electron chi connectivity index (χ3n) is 4.78. The minimum Gasteiger partial charge on any atom is -0.388 e. The predicted octanol–water partition coefficient (Wildman–Crippen LogP) is 2.58. The molecule has 120 valence electrons. The van der Waals surface area contributed by atoms with Gasteiger partial charge in [0.2, 0.25) is 0 Å². The highest BCUT2D eigenvalue weighted by Gasteiger charge is 2.37. The summed E-state index contributed by atoms with van der Waals surface area (Å²) in [5.41, 5.74) is 0.225. The third kappa shape index (κ3) is 3.89. The van der Waals surface area contributed by atoms with Crippen LogP contribution in [0.15, 0.2) is 12.3 Å². The Kier molecular flexibility index (Phi) is 4.62. The van der Waals surface area contributed by atoms with Crippen molar-refractivity contribution in [2.24, 2.45) is 11.3 Å². The predicted molar refractivity (Wildman–Crippen MR) is 84.2 cm³/mol. The number of nitriles is 1. The first kappa shape index (κ1) is 16.6. The molecule has 0 aromatic carbocycles. The summed E-state index contributed by atoms with van der Waals surface area (Å²) in [6, 6.07) is 3.48. The van der Waals surface area contributed by atoms with Gasteiger partial charge in [-0.25, -0.2) is 0 Å². The number of H-pyrrole nitrogens is 1. The summed E-state index contributed by atoms with van der Waals surface area (Å²) in [7, 11) is 0. The Bertz CT molecular complexity index is 569. The van der Waals surface area contributed by atoms with Crippen LogP contribution in [0.4, 0.5) is 0 Å². The topological polar surface area (TPSA) is 88.9 Å². The number of aromatic amines is 1. The molecule has 5 heteroatoms. The van der Waals surface area contributed by atoms with Crippen LogP contribution in [0.2, 0.25) is 0 Å². The van der Waals surface area contributed by atoms with Crippen molar-refractivity contribution in [3.8, 4) is 6.07 Å². The van der Waals surface area contributed by atoms with E-state index in [-0.39, 0.29) is 17.9 Å². The number of carbonyl (C=O) groups excluding carboxylic acids is 1. The Morgan fingerprint density at radius 3 is 2.64 bits per heavy atom. The summed E-state index contributed by atoms with van der Waals surface area (Å²) < 4.78 is 0. The van der Waals surface area contributed by atoms with Crippen molar-refractivity contribution in [2.45, 2.75) is 52.1 Å². The molecule has 0 saturated heterocycles.